The maximum absolute atomic E-state index is 13.3. The fourth-order valence-electron chi connectivity index (χ4n) is 5.04. The monoisotopic (exact) mass is 566 g/mol. The number of H-pyrrole nitrogens is 1. The highest BCUT2D eigenvalue weighted by Gasteiger charge is 2.27. The molecule has 4 aromatic rings. The molecule has 5 rings (SSSR count). The molecule has 1 atom stereocenters. The number of carbonyl (C=O) groups is 1. The summed E-state index contributed by atoms with van der Waals surface area (Å²) in [7, 11) is 1.53. The number of rotatable bonds is 7. The smallest absolute Gasteiger partial charge is 0.270 e. The number of nitrogens with zero attached hydrogens (tertiary/aromatic N) is 5. The van der Waals surface area contributed by atoms with Crippen LogP contribution in [0.2, 0.25) is 0 Å². The van der Waals surface area contributed by atoms with Gasteiger partial charge in [0.2, 0.25) is 5.91 Å². The van der Waals surface area contributed by atoms with E-state index < -0.39 is 4.92 Å². The number of hydrogen-bond acceptors (Lipinski definition) is 6. The summed E-state index contributed by atoms with van der Waals surface area (Å²) in [5.74, 6) is 0.732. The van der Waals surface area contributed by atoms with Gasteiger partial charge in [-0.2, -0.15) is 0 Å². The average Bonchev–Trinajstić information content (AvgIpc) is 3.48. The van der Waals surface area contributed by atoms with Crippen LogP contribution in [0.25, 0.3) is 10.9 Å². The van der Waals surface area contributed by atoms with Crippen LogP contribution in [0.1, 0.15) is 41.3 Å². The number of likely N-dealkylation sites (tertiary alicyclic amines) is 1. The number of hydrogen-bond donors (Lipinski definition) is 1. The number of non-ortho nitro benzene ring substituents is 1. The van der Waals surface area contributed by atoms with Crippen LogP contribution in [0.15, 0.2) is 47.1 Å². The molecule has 37 heavy (non-hydrogen) atoms. The molecule has 0 radical (unpaired) electrons. The third-order valence-corrected chi connectivity index (χ3v) is 7.46. The summed E-state index contributed by atoms with van der Waals surface area (Å²) in [6, 6.07) is 10.6. The van der Waals surface area contributed by atoms with E-state index in [2.05, 4.69) is 37.3 Å². The predicted octanol–water partition coefficient (Wildman–Crippen LogP) is 4.74. The number of nitro groups is 1. The second kappa shape index (κ2) is 10.3. The van der Waals surface area contributed by atoms with E-state index in [1.165, 1.54) is 19.2 Å². The van der Waals surface area contributed by atoms with Crippen molar-refractivity contribution in [2.24, 2.45) is 0 Å². The van der Waals surface area contributed by atoms with Crippen molar-refractivity contribution < 1.29 is 14.5 Å². The van der Waals surface area contributed by atoms with Crippen LogP contribution in [0.3, 0.4) is 0 Å². The second-order valence-corrected chi connectivity index (χ2v) is 10.3. The Kier molecular flexibility index (Phi) is 6.96. The van der Waals surface area contributed by atoms with Crippen molar-refractivity contribution in [1.29, 1.82) is 0 Å². The number of amides is 1. The van der Waals surface area contributed by atoms with E-state index >= 15 is 0 Å². The van der Waals surface area contributed by atoms with Gasteiger partial charge in [0.05, 0.1) is 30.7 Å². The lowest BCUT2D eigenvalue weighted by Crippen LogP contribution is -2.40. The highest BCUT2D eigenvalue weighted by molar-refractivity contribution is 9.10. The van der Waals surface area contributed by atoms with E-state index in [1.54, 1.807) is 10.7 Å². The summed E-state index contributed by atoms with van der Waals surface area (Å²) in [4.78, 5) is 29.4. The van der Waals surface area contributed by atoms with Gasteiger partial charge in [-0.3, -0.25) is 14.9 Å². The molecule has 3 heterocycles. The summed E-state index contributed by atoms with van der Waals surface area (Å²) in [5.41, 5.74) is 4.52. The van der Waals surface area contributed by atoms with Gasteiger partial charge in [-0.25, -0.2) is 4.68 Å². The van der Waals surface area contributed by atoms with Gasteiger partial charge in [0, 0.05) is 64.0 Å². The van der Waals surface area contributed by atoms with Crippen molar-refractivity contribution in [3.8, 4) is 5.75 Å². The molecule has 11 heteroatoms. The predicted molar refractivity (Wildman–Crippen MR) is 142 cm³/mol. The van der Waals surface area contributed by atoms with Crippen molar-refractivity contribution in [3.05, 3.63) is 79.7 Å². The Morgan fingerprint density at radius 2 is 2.14 bits per heavy atom. The van der Waals surface area contributed by atoms with Gasteiger partial charge in [0.25, 0.3) is 5.69 Å². The summed E-state index contributed by atoms with van der Waals surface area (Å²) >= 11 is 3.53. The van der Waals surface area contributed by atoms with Crippen LogP contribution < -0.4 is 4.74 Å². The van der Waals surface area contributed by atoms with Crippen molar-refractivity contribution >= 4 is 38.4 Å². The minimum absolute atomic E-state index is 0.00429. The van der Waals surface area contributed by atoms with E-state index in [0.717, 1.165) is 51.7 Å². The average molecular weight is 567 g/mol. The van der Waals surface area contributed by atoms with Gasteiger partial charge in [-0.05, 0) is 49.6 Å². The Labute approximate surface area is 221 Å². The number of nitrogens with one attached hydrogen (secondary N) is 1. The number of piperidine rings is 1. The molecule has 2 aromatic carbocycles. The lowest BCUT2D eigenvalue weighted by molar-refractivity contribution is -0.384. The fraction of sp³-hybridized carbons (Fsp3) is 0.346. The van der Waals surface area contributed by atoms with Crippen molar-refractivity contribution in [3.63, 3.8) is 0 Å². The zero-order valence-electron chi connectivity index (χ0n) is 20.6. The number of halogens is 1. The third-order valence-electron chi connectivity index (χ3n) is 6.97. The molecule has 0 saturated carbocycles. The number of carbonyl (C=O) groups excluding carboxylic acids is 1. The molecular weight excluding hydrogens is 540 g/mol. The number of methoxy groups -OCH3 is 1. The summed E-state index contributed by atoms with van der Waals surface area (Å²) in [6.07, 6.45) is 4.01. The number of fused-ring (bicyclic) bond motifs is 1. The normalized spacial score (nSPS) is 15.8. The van der Waals surface area contributed by atoms with Crippen LogP contribution in [-0.2, 0) is 17.8 Å². The topological polar surface area (TPSA) is 119 Å². The quantitative estimate of drug-likeness (QED) is 0.255. The van der Waals surface area contributed by atoms with Crippen LogP contribution in [0.4, 0.5) is 5.69 Å². The summed E-state index contributed by atoms with van der Waals surface area (Å²) < 4.78 is 8.01. The Balaban J connectivity index is 1.29. The maximum Gasteiger partial charge on any atom is 0.270 e. The number of aromatic amines is 1. The second-order valence-electron chi connectivity index (χ2n) is 9.37. The van der Waals surface area contributed by atoms with Gasteiger partial charge < -0.3 is 14.6 Å². The number of nitro benzene ring substituents is 1. The summed E-state index contributed by atoms with van der Waals surface area (Å²) in [5, 5.41) is 20.9. The number of aromatic nitrogens is 4. The number of ether oxygens (including phenoxy) is 1. The first-order valence-corrected chi connectivity index (χ1v) is 12.9. The molecule has 0 bridgehead atoms. The Morgan fingerprint density at radius 1 is 1.30 bits per heavy atom. The molecule has 10 nitrogen and oxygen atoms in total. The lowest BCUT2D eigenvalue weighted by atomic mass is 9.94. The van der Waals surface area contributed by atoms with E-state index in [4.69, 9.17) is 4.74 Å². The first kappa shape index (κ1) is 24.9. The molecule has 0 aliphatic carbocycles. The van der Waals surface area contributed by atoms with E-state index in [-0.39, 0.29) is 17.5 Å². The standard InChI is InChI=1S/C26H27BrN6O4/c1-16-21(22-11-19(27)5-7-23(22)28-16)12-26(34)31-9-3-4-17(13-31)24-15-32(30-29-24)14-18-10-20(33(35)36)6-8-25(18)37-2/h5-8,10-11,15,17,28H,3-4,9,12-14H2,1-2H3. The molecule has 1 fully saturated rings. The van der Waals surface area contributed by atoms with Crippen LogP contribution in [0.5, 0.6) is 5.75 Å². The minimum atomic E-state index is -0.431. The highest BCUT2D eigenvalue weighted by atomic mass is 79.9. The van der Waals surface area contributed by atoms with Gasteiger partial charge in [0.1, 0.15) is 5.75 Å². The van der Waals surface area contributed by atoms with Crippen molar-refractivity contribution in [2.45, 2.75) is 38.6 Å². The van der Waals surface area contributed by atoms with Crippen LogP contribution >= 0.6 is 15.9 Å². The Morgan fingerprint density at radius 3 is 2.92 bits per heavy atom. The molecule has 1 amide bonds. The first-order valence-electron chi connectivity index (χ1n) is 12.1. The molecular formula is C26H27BrN6O4. The van der Waals surface area contributed by atoms with Gasteiger partial charge in [-0.1, -0.05) is 21.1 Å². The lowest BCUT2D eigenvalue weighted by Gasteiger charge is -2.32. The Bertz CT molecular complexity index is 1480. The van der Waals surface area contributed by atoms with Crippen molar-refractivity contribution in [2.75, 3.05) is 20.2 Å². The highest BCUT2D eigenvalue weighted by Crippen LogP contribution is 2.30. The molecule has 2 aromatic heterocycles. The molecule has 1 saturated heterocycles. The molecule has 1 aliphatic heterocycles. The molecule has 1 unspecified atom stereocenters. The van der Waals surface area contributed by atoms with Gasteiger partial charge >= 0.3 is 0 Å². The van der Waals surface area contributed by atoms with Crippen molar-refractivity contribution in [1.82, 2.24) is 24.9 Å². The molecule has 0 spiro atoms. The maximum atomic E-state index is 13.3. The zero-order valence-corrected chi connectivity index (χ0v) is 22.2. The van der Waals surface area contributed by atoms with E-state index in [0.29, 0.717) is 30.8 Å². The Hall–Kier alpha value is -3.73. The summed E-state index contributed by atoms with van der Waals surface area (Å²) in [6.45, 7) is 3.61. The van der Waals surface area contributed by atoms with Crippen LogP contribution in [-0.4, -0.2) is 55.9 Å². The first-order chi connectivity index (χ1) is 17.8. The fourth-order valence-corrected chi connectivity index (χ4v) is 5.41. The third kappa shape index (κ3) is 5.22. The number of benzene rings is 2. The minimum Gasteiger partial charge on any atom is -0.496 e. The van der Waals surface area contributed by atoms with E-state index in [9.17, 15) is 14.9 Å². The van der Waals surface area contributed by atoms with Gasteiger partial charge in [0.15, 0.2) is 0 Å². The van der Waals surface area contributed by atoms with Gasteiger partial charge in [-0.15, -0.1) is 5.10 Å². The largest absolute Gasteiger partial charge is 0.496 e. The molecule has 1 aliphatic rings. The SMILES string of the molecule is COc1ccc([N+](=O)[O-])cc1Cn1cc(C2CCCN(C(=O)Cc3c(C)[nH]c4ccc(Br)cc34)C2)nn1. The molecule has 1 N–H and O–H groups in total. The van der Waals surface area contributed by atoms with E-state index in [1.807, 2.05) is 30.2 Å². The zero-order chi connectivity index (χ0) is 26.1. The molecule has 192 valence electrons. The van der Waals surface area contributed by atoms with Crippen LogP contribution in [0, 0.1) is 17.0 Å². The number of aryl methyl sites for hydroxylation is 1.